The lowest BCUT2D eigenvalue weighted by Gasteiger charge is -2.29. The average Bonchev–Trinajstić information content (AvgIpc) is 3.28. The highest BCUT2D eigenvalue weighted by molar-refractivity contribution is 5.89. The van der Waals surface area contributed by atoms with Crippen molar-refractivity contribution in [1.29, 1.82) is 0 Å². The second-order valence-corrected chi connectivity index (χ2v) is 9.45. The summed E-state index contributed by atoms with van der Waals surface area (Å²) < 4.78 is 5.71. The number of para-hydroxylation sites is 1. The van der Waals surface area contributed by atoms with Gasteiger partial charge in [0.25, 0.3) is 0 Å². The molecule has 1 unspecified atom stereocenters. The quantitative estimate of drug-likeness (QED) is 0.655. The fourth-order valence-electron chi connectivity index (χ4n) is 5.09. The number of hydrogen-bond acceptors (Lipinski definition) is 5. The molecule has 164 valence electrons. The minimum Gasteiger partial charge on any atom is -0.377 e. The van der Waals surface area contributed by atoms with Crippen LogP contribution >= 0.6 is 0 Å². The molecule has 1 atom stereocenters. The van der Waals surface area contributed by atoms with Gasteiger partial charge in [0.1, 0.15) is 11.6 Å². The number of nitrogens with one attached hydrogen (secondary N) is 1. The van der Waals surface area contributed by atoms with Gasteiger partial charge in [-0.25, -0.2) is 9.97 Å². The Hall–Kier alpha value is -1.72. The second kappa shape index (κ2) is 10.5. The summed E-state index contributed by atoms with van der Waals surface area (Å²) in [5.41, 5.74) is 1.06. The largest absolute Gasteiger partial charge is 0.377 e. The molecule has 1 N–H and O–H groups in total. The van der Waals surface area contributed by atoms with Crippen LogP contribution in [0.2, 0.25) is 0 Å². The van der Waals surface area contributed by atoms with Crippen LogP contribution in [-0.2, 0) is 11.2 Å². The van der Waals surface area contributed by atoms with E-state index in [1.54, 1.807) is 0 Å². The maximum atomic E-state index is 5.71. The van der Waals surface area contributed by atoms with E-state index >= 15 is 0 Å². The molecule has 0 spiro atoms. The summed E-state index contributed by atoms with van der Waals surface area (Å²) in [6, 6.07) is 8.34. The topological polar surface area (TPSA) is 50.3 Å². The fourth-order valence-corrected chi connectivity index (χ4v) is 5.09. The van der Waals surface area contributed by atoms with Crippen molar-refractivity contribution in [3.05, 3.63) is 30.1 Å². The molecule has 1 saturated heterocycles. The number of aromatic nitrogens is 2. The van der Waals surface area contributed by atoms with Crippen LogP contribution in [0, 0.1) is 11.8 Å². The lowest BCUT2D eigenvalue weighted by atomic mass is 9.80. The SMILES string of the molecule is CN(C)c1nc(CCCC2CCC(CNCC3CCCO3)CC2)nc2ccccc12. The summed E-state index contributed by atoms with van der Waals surface area (Å²) in [5.74, 6) is 3.76. The van der Waals surface area contributed by atoms with Gasteiger partial charge < -0.3 is 15.0 Å². The summed E-state index contributed by atoms with van der Waals surface area (Å²) in [5, 5.41) is 4.80. The van der Waals surface area contributed by atoms with Gasteiger partial charge in [-0.2, -0.15) is 0 Å². The highest BCUT2D eigenvalue weighted by atomic mass is 16.5. The van der Waals surface area contributed by atoms with Gasteiger partial charge in [0, 0.05) is 39.1 Å². The van der Waals surface area contributed by atoms with E-state index in [0.717, 1.165) is 54.0 Å². The van der Waals surface area contributed by atoms with E-state index in [0.29, 0.717) is 6.10 Å². The summed E-state index contributed by atoms with van der Waals surface area (Å²) in [4.78, 5) is 11.8. The Morgan fingerprint density at radius 1 is 1.00 bits per heavy atom. The van der Waals surface area contributed by atoms with Gasteiger partial charge in [0.05, 0.1) is 11.6 Å². The molecule has 1 aromatic carbocycles. The standard InChI is InChI=1S/C25H38N4O/c1-29(2)25-22-9-3-4-10-23(22)27-24(28-25)11-5-7-19-12-14-20(15-13-19)17-26-18-21-8-6-16-30-21/h3-4,9-10,19-21,26H,5-8,11-18H2,1-2H3. The van der Waals surface area contributed by atoms with Gasteiger partial charge in [-0.15, -0.1) is 0 Å². The molecule has 1 aliphatic heterocycles. The lowest BCUT2D eigenvalue weighted by Crippen LogP contribution is -2.32. The molecule has 0 bridgehead atoms. The number of hydrogen-bond donors (Lipinski definition) is 1. The van der Waals surface area contributed by atoms with Crippen molar-refractivity contribution >= 4 is 16.7 Å². The van der Waals surface area contributed by atoms with Crippen molar-refractivity contribution in [2.75, 3.05) is 38.7 Å². The molecule has 2 fully saturated rings. The first-order chi connectivity index (χ1) is 14.7. The number of ether oxygens (including phenoxy) is 1. The van der Waals surface area contributed by atoms with Crippen molar-refractivity contribution in [2.45, 2.75) is 63.9 Å². The van der Waals surface area contributed by atoms with Gasteiger partial charge in [-0.1, -0.05) is 31.4 Å². The van der Waals surface area contributed by atoms with E-state index in [9.17, 15) is 0 Å². The highest BCUT2D eigenvalue weighted by Gasteiger charge is 2.22. The summed E-state index contributed by atoms with van der Waals surface area (Å²) in [6.07, 6.45) is 11.9. The Bertz CT molecular complexity index is 795. The normalized spacial score (nSPS) is 24.4. The van der Waals surface area contributed by atoms with Crippen LogP contribution in [0.15, 0.2) is 24.3 Å². The van der Waals surface area contributed by atoms with Crippen molar-refractivity contribution in [3.8, 4) is 0 Å². The monoisotopic (exact) mass is 410 g/mol. The molecule has 2 aliphatic rings. The first-order valence-electron chi connectivity index (χ1n) is 11.9. The molecule has 2 heterocycles. The van der Waals surface area contributed by atoms with E-state index in [-0.39, 0.29) is 0 Å². The Morgan fingerprint density at radius 3 is 2.57 bits per heavy atom. The zero-order chi connectivity index (χ0) is 20.8. The van der Waals surface area contributed by atoms with Crippen LogP contribution in [0.5, 0.6) is 0 Å². The summed E-state index contributed by atoms with van der Waals surface area (Å²) in [7, 11) is 4.12. The number of rotatable bonds is 9. The molecular formula is C25H38N4O. The van der Waals surface area contributed by atoms with Crippen LogP contribution < -0.4 is 10.2 Å². The van der Waals surface area contributed by atoms with Crippen molar-refractivity contribution < 1.29 is 4.74 Å². The minimum absolute atomic E-state index is 0.465. The highest BCUT2D eigenvalue weighted by Crippen LogP contribution is 2.32. The van der Waals surface area contributed by atoms with E-state index in [2.05, 4.69) is 48.6 Å². The molecule has 30 heavy (non-hydrogen) atoms. The average molecular weight is 411 g/mol. The van der Waals surface area contributed by atoms with E-state index < -0.39 is 0 Å². The third kappa shape index (κ3) is 5.70. The minimum atomic E-state index is 0.465. The predicted octanol–water partition coefficient (Wildman–Crippen LogP) is 4.59. The molecular weight excluding hydrogens is 372 g/mol. The molecule has 0 amide bonds. The summed E-state index contributed by atoms with van der Waals surface area (Å²) >= 11 is 0. The third-order valence-corrected chi connectivity index (χ3v) is 6.86. The Morgan fingerprint density at radius 2 is 1.80 bits per heavy atom. The van der Waals surface area contributed by atoms with Gasteiger partial charge >= 0.3 is 0 Å². The van der Waals surface area contributed by atoms with Gasteiger partial charge in [0.2, 0.25) is 0 Å². The number of nitrogens with zero attached hydrogens (tertiary/aromatic N) is 3. The maximum Gasteiger partial charge on any atom is 0.139 e. The maximum absolute atomic E-state index is 5.71. The number of aryl methyl sites for hydroxylation is 1. The Kier molecular flexibility index (Phi) is 7.56. The van der Waals surface area contributed by atoms with Crippen molar-refractivity contribution in [2.24, 2.45) is 11.8 Å². The zero-order valence-corrected chi connectivity index (χ0v) is 18.8. The van der Waals surface area contributed by atoms with Crippen LogP contribution in [0.4, 0.5) is 5.82 Å². The molecule has 5 heteroatoms. The Balaban J connectivity index is 1.19. The molecule has 1 aromatic heterocycles. The zero-order valence-electron chi connectivity index (χ0n) is 18.8. The van der Waals surface area contributed by atoms with Crippen LogP contribution in [0.1, 0.15) is 57.2 Å². The third-order valence-electron chi connectivity index (χ3n) is 6.86. The Labute approximate surface area is 181 Å². The van der Waals surface area contributed by atoms with Crippen LogP contribution in [-0.4, -0.2) is 49.9 Å². The number of benzene rings is 1. The molecule has 2 aromatic rings. The van der Waals surface area contributed by atoms with Crippen molar-refractivity contribution in [3.63, 3.8) is 0 Å². The molecule has 4 rings (SSSR count). The number of fused-ring (bicyclic) bond motifs is 1. The predicted molar refractivity (Wildman–Crippen MR) is 124 cm³/mol. The lowest BCUT2D eigenvalue weighted by molar-refractivity contribution is 0.108. The first-order valence-corrected chi connectivity index (χ1v) is 11.9. The van der Waals surface area contributed by atoms with Crippen LogP contribution in [0.25, 0.3) is 10.9 Å². The summed E-state index contributed by atoms with van der Waals surface area (Å²) in [6.45, 7) is 3.17. The fraction of sp³-hybridized carbons (Fsp3) is 0.680. The van der Waals surface area contributed by atoms with Gasteiger partial charge in [0.15, 0.2) is 0 Å². The molecule has 1 aliphatic carbocycles. The number of anilines is 1. The van der Waals surface area contributed by atoms with Crippen molar-refractivity contribution in [1.82, 2.24) is 15.3 Å². The van der Waals surface area contributed by atoms with E-state index in [1.165, 1.54) is 57.9 Å². The van der Waals surface area contributed by atoms with Gasteiger partial charge in [-0.05, 0) is 62.6 Å². The molecule has 1 saturated carbocycles. The van der Waals surface area contributed by atoms with E-state index in [1.807, 2.05) is 0 Å². The van der Waals surface area contributed by atoms with Crippen LogP contribution in [0.3, 0.4) is 0 Å². The molecule has 0 radical (unpaired) electrons. The van der Waals surface area contributed by atoms with Gasteiger partial charge in [-0.3, -0.25) is 0 Å². The molecule has 5 nitrogen and oxygen atoms in total. The second-order valence-electron chi connectivity index (χ2n) is 9.45. The smallest absolute Gasteiger partial charge is 0.139 e. The first kappa shape index (κ1) is 21.5. The van der Waals surface area contributed by atoms with E-state index in [4.69, 9.17) is 14.7 Å².